The van der Waals surface area contributed by atoms with Crippen LogP contribution in [0.25, 0.3) is 0 Å². The maximum atomic E-state index is 5.85. The van der Waals surface area contributed by atoms with E-state index < -0.39 is 0 Å². The Morgan fingerprint density at radius 2 is 2.27 bits per heavy atom. The van der Waals surface area contributed by atoms with Crippen molar-refractivity contribution >= 4 is 5.69 Å². The van der Waals surface area contributed by atoms with Crippen LogP contribution in [0.4, 0.5) is 5.69 Å². The molecule has 1 aromatic rings. The molecule has 0 spiro atoms. The molecule has 2 aliphatic heterocycles. The Balaban J connectivity index is 1.98. The van der Waals surface area contributed by atoms with Crippen LogP contribution >= 0.6 is 0 Å². The van der Waals surface area contributed by atoms with Crippen LogP contribution in [0.5, 0.6) is 0 Å². The minimum absolute atomic E-state index is 0.0949. The number of anilines is 1. The fourth-order valence-corrected chi connectivity index (χ4v) is 2.39. The molecule has 1 aromatic carbocycles. The van der Waals surface area contributed by atoms with Gasteiger partial charge in [-0.1, -0.05) is 12.1 Å². The summed E-state index contributed by atoms with van der Waals surface area (Å²) in [5.74, 6) is 0. The van der Waals surface area contributed by atoms with Gasteiger partial charge in [-0.25, -0.2) is 0 Å². The molecule has 2 aliphatic rings. The molecule has 0 unspecified atom stereocenters. The lowest BCUT2D eigenvalue weighted by atomic mass is 9.78. The number of nitrogens with one attached hydrogen (secondary N) is 1. The second kappa shape index (κ2) is 3.22. The summed E-state index contributed by atoms with van der Waals surface area (Å²) in [4.78, 5) is 0. The van der Waals surface area contributed by atoms with Gasteiger partial charge in [0.1, 0.15) is 0 Å². The van der Waals surface area contributed by atoms with Crippen molar-refractivity contribution in [2.75, 3.05) is 31.6 Å². The SMILES string of the molecule is NCC1(c2ccc3c(c2)CCN3)COC1. The van der Waals surface area contributed by atoms with E-state index >= 15 is 0 Å². The molecular weight excluding hydrogens is 188 g/mol. The van der Waals surface area contributed by atoms with E-state index in [1.807, 2.05) is 0 Å². The molecule has 0 aromatic heterocycles. The Bertz CT molecular complexity index is 380. The van der Waals surface area contributed by atoms with E-state index in [0.29, 0.717) is 6.54 Å². The minimum atomic E-state index is 0.0949. The zero-order valence-electron chi connectivity index (χ0n) is 8.75. The van der Waals surface area contributed by atoms with E-state index in [9.17, 15) is 0 Å². The summed E-state index contributed by atoms with van der Waals surface area (Å²) in [7, 11) is 0. The average molecular weight is 204 g/mol. The second-order valence-electron chi connectivity index (χ2n) is 4.53. The number of ether oxygens (including phenoxy) is 1. The fourth-order valence-electron chi connectivity index (χ4n) is 2.39. The summed E-state index contributed by atoms with van der Waals surface area (Å²) in [6.45, 7) is 3.29. The van der Waals surface area contributed by atoms with Crippen molar-refractivity contribution in [2.24, 2.45) is 5.73 Å². The lowest BCUT2D eigenvalue weighted by Crippen LogP contribution is -2.52. The smallest absolute Gasteiger partial charge is 0.0597 e. The summed E-state index contributed by atoms with van der Waals surface area (Å²) >= 11 is 0. The first kappa shape index (κ1) is 9.19. The van der Waals surface area contributed by atoms with Crippen molar-refractivity contribution in [1.82, 2.24) is 0 Å². The largest absolute Gasteiger partial charge is 0.384 e. The monoisotopic (exact) mass is 204 g/mol. The minimum Gasteiger partial charge on any atom is -0.384 e. The van der Waals surface area contributed by atoms with E-state index in [1.54, 1.807) is 0 Å². The van der Waals surface area contributed by atoms with Crippen molar-refractivity contribution in [3.8, 4) is 0 Å². The van der Waals surface area contributed by atoms with Gasteiger partial charge in [-0.05, 0) is 23.6 Å². The lowest BCUT2D eigenvalue weighted by molar-refractivity contribution is -0.0550. The van der Waals surface area contributed by atoms with Gasteiger partial charge in [-0.2, -0.15) is 0 Å². The van der Waals surface area contributed by atoms with Crippen LogP contribution in [0.3, 0.4) is 0 Å². The van der Waals surface area contributed by atoms with E-state index in [-0.39, 0.29) is 5.41 Å². The summed E-state index contributed by atoms with van der Waals surface area (Å²) in [6, 6.07) is 6.66. The van der Waals surface area contributed by atoms with E-state index in [4.69, 9.17) is 10.5 Å². The molecule has 1 fully saturated rings. The summed E-state index contributed by atoms with van der Waals surface area (Å²) in [5.41, 5.74) is 10.00. The predicted octanol–water partition coefficient (Wildman–Crippen LogP) is 0.881. The van der Waals surface area contributed by atoms with Crippen LogP contribution in [0, 0.1) is 0 Å². The molecule has 3 N–H and O–H groups in total. The highest BCUT2D eigenvalue weighted by Crippen LogP contribution is 2.34. The molecule has 0 aliphatic carbocycles. The van der Waals surface area contributed by atoms with Gasteiger partial charge in [0.15, 0.2) is 0 Å². The number of hydrogen-bond acceptors (Lipinski definition) is 3. The Morgan fingerprint density at radius 1 is 1.40 bits per heavy atom. The number of nitrogens with two attached hydrogens (primary N) is 1. The normalized spacial score (nSPS) is 21.7. The van der Waals surface area contributed by atoms with Crippen LogP contribution in [-0.4, -0.2) is 26.3 Å². The maximum absolute atomic E-state index is 5.85. The van der Waals surface area contributed by atoms with Gasteiger partial charge in [0.05, 0.1) is 18.6 Å². The van der Waals surface area contributed by atoms with Crippen molar-refractivity contribution in [3.05, 3.63) is 29.3 Å². The highest BCUT2D eigenvalue weighted by Gasteiger charge is 2.39. The van der Waals surface area contributed by atoms with Crippen molar-refractivity contribution in [3.63, 3.8) is 0 Å². The average Bonchev–Trinajstić information content (AvgIpc) is 2.64. The number of benzene rings is 1. The van der Waals surface area contributed by atoms with Crippen molar-refractivity contribution < 1.29 is 4.74 Å². The first-order valence-corrected chi connectivity index (χ1v) is 5.49. The van der Waals surface area contributed by atoms with Gasteiger partial charge >= 0.3 is 0 Å². The van der Waals surface area contributed by atoms with E-state index in [0.717, 1.165) is 26.2 Å². The van der Waals surface area contributed by atoms with Crippen LogP contribution in [0.15, 0.2) is 18.2 Å². The first-order valence-electron chi connectivity index (χ1n) is 5.49. The van der Waals surface area contributed by atoms with E-state index in [2.05, 4.69) is 23.5 Å². The molecule has 3 nitrogen and oxygen atoms in total. The Kier molecular flexibility index (Phi) is 1.97. The highest BCUT2D eigenvalue weighted by atomic mass is 16.5. The van der Waals surface area contributed by atoms with Crippen molar-refractivity contribution in [2.45, 2.75) is 11.8 Å². The molecule has 3 rings (SSSR count). The van der Waals surface area contributed by atoms with E-state index in [1.165, 1.54) is 16.8 Å². The predicted molar refractivity (Wildman–Crippen MR) is 60.2 cm³/mol. The van der Waals surface area contributed by atoms with Crippen LogP contribution in [-0.2, 0) is 16.6 Å². The molecule has 15 heavy (non-hydrogen) atoms. The van der Waals surface area contributed by atoms with Crippen LogP contribution < -0.4 is 11.1 Å². The molecular formula is C12H16N2O. The lowest BCUT2D eigenvalue weighted by Gasteiger charge is -2.41. The molecule has 0 bridgehead atoms. The quantitative estimate of drug-likeness (QED) is 0.752. The second-order valence-corrected chi connectivity index (χ2v) is 4.53. The van der Waals surface area contributed by atoms with Crippen LogP contribution in [0.2, 0.25) is 0 Å². The molecule has 0 amide bonds. The molecule has 2 heterocycles. The summed E-state index contributed by atoms with van der Waals surface area (Å²) in [5, 5.41) is 3.37. The first-order chi connectivity index (χ1) is 7.34. The molecule has 1 saturated heterocycles. The third-order valence-corrected chi connectivity index (χ3v) is 3.57. The maximum Gasteiger partial charge on any atom is 0.0597 e. The van der Waals surface area contributed by atoms with Gasteiger partial charge in [0.2, 0.25) is 0 Å². The molecule has 3 heteroatoms. The molecule has 0 radical (unpaired) electrons. The van der Waals surface area contributed by atoms with Gasteiger partial charge in [0, 0.05) is 18.8 Å². The molecule has 0 saturated carbocycles. The molecule has 80 valence electrons. The van der Waals surface area contributed by atoms with Crippen LogP contribution in [0.1, 0.15) is 11.1 Å². The molecule has 0 atom stereocenters. The Labute approximate surface area is 89.6 Å². The highest BCUT2D eigenvalue weighted by molar-refractivity contribution is 5.57. The zero-order valence-corrected chi connectivity index (χ0v) is 8.75. The fraction of sp³-hybridized carbons (Fsp3) is 0.500. The van der Waals surface area contributed by atoms with Gasteiger partial charge in [-0.3, -0.25) is 0 Å². The standard InChI is InChI=1S/C12H16N2O/c13-6-12(7-15-8-12)10-1-2-11-9(5-10)3-4-14-11/h1-2,5,14H,3-4,6-8,13H2. The van der Waals surface area contributed by atoms with Crippen molar-refractivity contribution in [1.29, 1.82) is 0 Å². The van der Waals surface area contributed by atoms with Gasteiger partial charge in [0.25, 0.3) is 0 Å². The van der Waals surface area contributed by atoms with Gasteiger partial charge < -0.3 is 15.8 Å². The van der Waals surface area contributed by atoms with Gasteiger partial charge in [-0.15, -0.1) is 0 Å². The Hall–Kier alpha value is -1.06. The number of rotatable bonds is 2. The third-order valence-electron chi connectivity index (χ3n) is 3.57. The third kappa shape index (κ3) is 1.27. The Morgan fingerprint density at radius 3 is 2.93 bits per heavy atom. The zero-order chi connectivity index (χ0) is 10.3. The summed E-state index contributed by atoms with van der Waals surface area (Å²) < 4.78 is 5.31. The number of hydrogen-bond donors (Lipinski definition) is 2. The topological polar surface area (TPSA) is 47.3 Å². The number of fused-ring (bicyclic) bond motifs is 1. The summed E-state index contributed by atoms with van der Waals surface area (Å²) in [6.07, 6.45) is 1.13.